The number of amides is 1. The highest BCUT2D eigenvalue weighted by molar-refractivity contribution is 5.84. The van der Waals surface area contributed by atoms with Gasteiger partial charge in [0.05, 0.1) is 18.2 Å². The van der Waals surface area contributed by atoms with Crippen LogP contribution in [-0.2, 0) is 17.9 Å². The predicted octanol–water partition coefficient (Wildman–Crippen LogP) is 2.90. The lowest BCUT2D eigenvalue weighted by molar-refractivity contribution is -0.131. The lowest BCUT2D eigenvalue weighted by Gasteiger charge is -2.27. The average molecular weight is 339 g/mol. The summed E-state index contributed by atoms with van der Waals surface area (Å²) in [5.41, 5.74) is 1.07. The monoisotopic (exact) mass is 339 g/mol. The lowest BCUT2D eigenvalue weighted by atomic mass is 9.80. The Morgan fingerprint density at radius 2 is 2.24 bits per heavy atom. The third-order valence-corrected chi connectivity index (χ3v) is 5.71. The molecule has 1 saturated heterocycles. The van der Waals surface area contributed by atoms with Crippen LogP contribution in [0.4, 0.5) is 0 Å². The Morgan fingerprint density at radius 1 is 1.40 bits per heavy atom. The Labute approximate surface area is 148 Å². The van der Waals surface area contributed by atoms with Crippen LogP contribution in [0.5, 0.6) is 0 Å². The zero-order valence-corrected chi connectivity index (χ0v) is 14.7. The van der Waals surface area contributed by atoms with Crippen molar-refractivity contribution < 1.29 is 9.21 Å². The Bertz CT molecular complexity index is 742. The van der Waals surface area contributed by atoms with E-state index in [0.29, 0.717) is 18.4 Å². The van der Waals surface area contributed by atoms with Gasteiger partial charge in [-0.1, -0.05) is 36.8 Å². The Balaban J connectivity index is 1.42. The van der Waals surface area contributed by atoms with Crippen LogP contribution in [0.25, 0.3) is 0 Å². The van der Waals surface area contributed by atoms with Crippen molar-refractivity contribution in [3.05, 3.63) is 53.7 Å². The topological polar surface area (TPSA) is 58.4 Å². The molecule has 0 radical (unpaired) electrons. The molecular weight excluding hydrogens is 314 g/mol. The molecule has 2 heterocycles. The normalized spacial score (nSPS) is 25.9. The molecule has 4 rings (SSSR count). The van der Waals surface area contributed by atoms with E-state index < -0.39 is 0 Å². The van der Waals surface area contributed by atoms with E-state index in [9.17, 15) is 4.79 Å². The molecule has 2 fully saturated rings. The number of fused-ring (bicyclic) bond motifs is 1. The number of carbonyl (C=O) groups is 1. The SMILES string of the molecule is Cc1cnc(CNC(=O)[C@@]23CCC[C@@H]2CN(Cc2ccccc2)C3)o1. The third kappa shape index (κ3) is 3.21. The number of aryl methyl sites for hydroxylation is 1. The van der Waals surface area contributed by atoms with Crippen LogP contribution in [0.1, 0.15) is 36.5 Å². The summed E-state index contributed by atoms with van der Waals surface area (Å²) >= 11 is 0. The number of rotatable bonds is 5. The standard InChI is InChI=1S/C20H25N3O2/c1-15-10-21-18(25-15)11-22-19(24)20-9-5-8-17(20)13-23(14-20)12-16-6-3-2-4-7-16/h2-4,6-7,10,17H,5,8-9,11-14H2,1H3,(H,22,24)/t17-,20-/m1/s1. The van der Waals surface area contributed by atoms with E-state index >= 15 is 0 Å². The molecule has 25 heavy (non-hydrogen) atoms. The second kappa shape index (κ2) is 6.64. The maximum Gasteiger partial charge on any atom is 0.228 e. The van der Waals surface area contributed by atoms with Gasteiger partial charge in [0.2, 0.25) is 11.8 Å². The quantitative estimate of drug-likeness (QED) is 0.910. The van der Waals surface area contributed by atoms with Crippen molar-refractivity contribution in [1.82, 2.24) is 15.2 Å². The van der Waals surface area contributed by atoms with Crippen LogP contribution in [0.15, 0.2) is 40.9 Å². The second-order valence-electron chi connectivity index (χ2n) is 7.45. The van der Waals surface area contributed by atoms with E-state index in [1.165, 1.54) is 5.56 Å². The summed E-state index contributed by atoms with van der Waals surface area (Å²) in [6.45, 7) is 5.02. The maximum absolute atomic E-state index is 13.0. The van der Waals surface area contributed by atoms with Crippen LogP contribution in [0.3, 0.4) is 0 Å². The highest BCUT2D eigenvalue weighted by Gasteiger charge is 2.54. The molecule has 2 atom stereocenters. The first-order chi connectivity index (χ1) is 12.2. The Morgan fingerprint density at radius 3 is 3.00 bits per heavy atom. The van der Waals surface area contributed by atoms with Gasteiger partial charge in [-0.25, -0.2) is 4.98 Å². The molecule has 1 N–H and O–H groups in total. The Kier molecular flexibility index (Phi) is 4.34. The summed E-state index contributed by atoms with van der Waals surface area (Å²) in [5.74, 6) is 1.98. The van der Waals surface area contributed by atoms with Crippen LogP contribution in [0.2, 0.25) is 0 Å². The third-order valence-electron chi connectivity index (χ3n) is 5.71. The van der Waals surface area contributed by atoms with Crippen molar-refractivity contribution in [2.75, 3.05) is 13.1 Å². The van der Waals surface area contributed by atoms with Gasteiger partial charge in [0.1, 0.15) is 5.76 Å². The maximum atomic E-state index is 13.0. The van der Waals surface area contributed by atoms with Gasteiger partial charge in [0.15, 0.2) is 0 Å². The van der Waals surface area contributed by atoms with Crippen molar-refractivity contribution in [3.8, 4) is 0 Å². The summed E-state index contributed by atoms with van der Waals surface area (Å²) in [7, 11) is 0. The van der Waals surface area contributed by atoms with Gasteiger partial charge in [0.25, 0.3) is 0 Å². The summed E-state index contributed by atoms with van der Waals surface area (Å²) in [4.78, 5) is 19.6. The highest BCUT2D eigenvalue weighted by atomic mass is 16.4. The molecule has 5 nitrogen and oxygen atoms in total. The van der Waals surface area contributed by atoms with E-state index in [4.69, 9.17) is 4.42 Å². The fourth-order valence-corrected chi connectivity index (χ4v) is 4.54. The highest BCUT2D eigenvalue weighted by Crippen LogP contribution is 2.49. The minimum absolute atomic E-state index is 0.168. The molecule has 1 saturated carbocycles. The van der Waals surface area contributed by atoms with Gasteiger partial charge in [-0.15, -0.1) is 0 Å². The van der Waals surface area contributed by atoms with Gasteiger partial charge < -0.3 is 9.73 Å². The molecule has 2 aromatic rings. The van der Waals surface area contributed by atoms with E-state index in [1.807, 2.05) is 13.0 Å². The van der Waals surface area contributed by atoms with Gasteiger partial charge in [0, 0.05) is 19.6 Å². The van der Waals surface area contributed by atoms with E-state index in [1.54, 1.807) is 6.20 Å². The van der Waals surface area contributed by atoms with Crippen molar-refractivity contribution in [2.24, 2.45) is 11.3 Å². The van der Waals surface area contributed by atoms with Crippen LogP contribution >= 0.6 is 0 Å². The predicted molar refractivity (Wildman–Crippen MR) is 94.6 cm³/mol. The minimum atomic E-state index is -0.240. The van der Waals surface area contributed by atoms with Crippen molar-refractivity contribution in [2.45, 2.75) is 39.3 Å². The largest absolute Gasteiger partial charge is 0.444 e. The number of nitrogens with one attached hydrogen (secondary N) is 1. The molecule has 1 aliphatic heterocycles. The molecule has 132 valence electrons. The van der Waals surface area contributed by atoms with Crippen LogP contribution in [-0.4, -0.2) is 28.9 Å². The van der Waals surface area contributed by atoms with Crippen molar-refractivity contribution in [1.29, 1.82) is 0 Å². The summed E-state index contributed by atoms with van der Waals surface area (Å²) in [6, 6.07) is 10.5. The van der Waals surface area contributed by atoms with Crippen LogP contribution < -0.4 is 5.32 Å². The van der Waals surface area contributed by atoms with E-state index in [-0.39, 0.29) is 11.3 Å². The zero-order valence-electron chi connectivity index (χ0n) is 14.7. The van der Waals surface area contributed by atoms with Gasteiger partial charge in [-0.2, -0.15) is 0 Å². The van der Waals surface area contributed by atoms with Gasteiger partial charge in [-0.05, 0) is 31.2 Å². The molecular formula is C20H25N3O2. The zero-order chi connectivity index (χ0) is 17.3. The molecule has 1 aliphatic carbocycles. The molecule has 5 heteroatoms. The summed E-state index contributed by atoms with van der Waals surface area (Å²) in [6.07, 6.45) is 4.97. The lowest BCUT2D eigenvalue weighted by Crippen LogP contribution is -2.44. The first kappa shape index (κ1) is 16.3. The summed E-state index contributed by atoms with van der Waals surface area (Å²) in [5, 5.41) is 3.08. The van der Waals surface area contributed by atoms with Crippen molar-refractivity contribution in [3.63, 3.8) is 0 Å². The smallest absolute Gasteiger partial charge is 0.228 e. The van der Waals surface area contributed by atoms with E-state index in [0.717, 1.165) is 44.7 Å². The van der Waals surface area contributed by atoms with Crippen molar-refractivity contribution >= 4 is 5.91 Å². The number of hydrogen-bond donors (Lipinski definition) is 1. The fraction of sp³-hybridized carbons (Fsp3) is 0.500. The number of nitrogens with zero attached hydrogens (tertiary/aromatic N) is 2. The number of carbonyl (C=O) groups excluding carboxylic acids is 1. The first-order valence-corrected chi connectivity index (χ1v) is 9.12. The first-order valence-electron chi connectivity index (χ1n) is 9.12. The molecule has 1 amide bonds. The summed E-state index contributed by atoms with van der Waals surface area (Å²) < 4.78 is 5.47. The number of aromatic nitrogens is 1. The second-order valence-corrected chi connectivity index (χ2v) is 7.45. The number of benzene rings is 1. The molecule has 0 unspecified atom stereocenters. The number of likely N-dealkylation sites (tertiary alicyclic amines) is 1. The fourth-order valence-electron chi connectivity index (χ4n) is 4.54. The van der Waals surface area contributed by atoms with E-state index in [2.05, 4.69) is 39.5 Å². The average Bonchev–Trinajstić information content (AvgIpc) is 3.28. The van der Waals surface area contributed by atoms with Gasteiger partial charge >= 0.3 is 0 Å². The molecule has 0 spiro atoms. The Hall–Kier alpha value is -2.14. The number of oxazole rings is 1. The number of hydrogen-bond acceptors (Lipinski definition) is 4. The molecule has 1 aromatic carbocycles. The molecule has 1 aromatic heterocycles. The molecule has 0 bridgehead atoms. The van der Waals surface area contributed by atoms with Gasteiger partial charge in [-0.3, -0.25) is 9.69 Å². The molecule has 2 aliphatic rings. The van der Waals surface area contributed by atoms with Crippen LogP contribution in [0, 0.1) is 18.3 Å². The minimum Gasteiger partial charge on any atom is -0.444 e.